The second-order valence-electron chi connectivity index (χ2n) is 43.9. The normalized spacial score (nSPS) is 18.7. The van der Waals surface area contributed by atoms with E-state index in [0.29, 0.717) is 46.3 Å². The molecule has 14 nitrogen and oxygen atoms in total. The van der Waals surface area contributed by atoms with Crippen molar-refractivity contribution in [2.45, 2.75) is 324 Å². The minimum atomic E-state index is -0.901. The summed E-state index contributed by atoms with van der Waals surface area (Å²) in [7, 11) is 1.74. The molecule has 0 spiro atoms. The van der Waals surface area contributed by atoms with Crippen LogP contribution < -0.4 is 4.74 Å². The molecule has 0 saturated heterocycles. The molecule has 6 N–H and O–H groups in total. The highest BCUT2D eigenvalue weighted by atomic mass is 79.9. The van der Waals surface area contributed by atoms with Crippen LogP contribution in [-0.4, -0.2) is 76.1 Å². The maximum atomic E-state index is 15.4. The van der Waals surface area contributed by atoms with Gasteiger partial charge in [-0.1, -0.05) is 284 Å². The number of hydrogen-bond acceptors (Lipinski definition) is 8. The summed E-state index contributed by atoms with van der Waals surface area (Å²) in [4.78, 5) is 30.4. The predicted molar refractivity (Wildman–Crippen MR) is 623 cm³/mol. The Kier molecular flexibility index (Phi) is 34.1. The standard InChI is InChI=1S/C31H34FNO.C26H32BrNO2.C26H30N2O.C26H31NO3.C25H31NO/c1-5-15-31(6-2)30-25(14-16-34-31)27-18-23(20(3)4)17-26(29(27)33-30)22-12-13-24(28(32)19-22)21-10-8-7-9-11-21;1-6-11-26(7-2)25-19(10-12-30-26)21-13-17(16(3)4)14-22(24(21)28-25)20-15-18(27)8-9-23(20)29-5;1-5-11-26(6-2)25-21(10-12-29-26)23-15-20(17(3)4)14-22(24(23)28-25)19-9-7-8-18(13-19)16-27;1-5-12-26(6-2)24-20(11-13-30-26)22-15-19(16(3)4)14-21(23(22)27-24)17-7-9-18(10-8-17)25(28)29;1-5-13-25(6-2)24-20(12-14-27-25)22-16-19(17(3)4)15-21(23(22)26-24)18-10-8-7-9-11-18/h7-13,17-20,33H,5-6,14-16H2,1-4H3;8-9,13-16,28H,6-7,10-12H2,1-5H3;7-9,13-15,17,28H,5-6,10-12H2,1-4H3;7-10,14-16,27H,5-6,11-13H2,1-4H3,(H,28,29);7-11,15-17,26H,5-6,12-14H2,1-4H3. The SMILES string of the molecule is CCCC1(CC)OCCc2c1[nH]c1c(-c3cc(Br)ccc3OC)cc(C(C)C)cc21.CCCC1(CC)OCCc2c1[nH]c1c(-c3ccc(-c4ccccc4)c(F)c3)cc(C(C)C)cc21.CCCC1(CC)OCCc2c1[nH]c1c(-c3ccc(C(=O)O)cc3)cc(C(C)C)cc21.CCCC1(CC)OCCc2c1[nH]c1c(-c3cccc(C#N)c3)cc(C(C)C)cc21.CCCC1(CC)OCCc2c1[nH]c1c(-c3ccccc3)cc(C(C)C)cc21. The molecule has 10 heterocycles. The largest absolute Gasteiger partial charge is 0.496 e. The van der Waals surface area contributed by atoms with Crippen LogP contribution in [0.4, 0.5) is 4.39 Å². The van der Waals surface area contributed by atoms with E-state index < -0.39 is 5.97 Å². The van der Waals surface area contributed by atoms with Gasteiger partial charge in [-0.3, -0.25) is 0 Å². The highest BCUT2D eigenvalue weighted by Crippen LogP contribution is 2.54. The Labute approximate surface area is 898 Å². The molecule has 16 heteroatoms. The van der Waals surface area contributed by atoms with Crippen molar-refractivity contribution in [3.8, 4) is 78.6 Å². The lowest BCUT2D eigenvalue weighted by atomic mass is 9.85. The molecule has 5 aromatic heterocycles. The summed E-state index contributed by atoms with van der Waals surface area (Å²) in [6, 6.07) is 73.1. The lowest BCUT2D eigenvalue weighted by Gasteiger charge is -2.36. The lowest BCUT2D eigenvalue weighted by Crippen LogP contribution is -2.35. The quantitative estimate of drug-likeness (QED) is 0.0277. The molecule has 5 aliphatic heterocycles. The van der Waals surface area contributed by atoms with Gasteiger partial charge in [0, 0.05) is 70.3 Å². The number of aromatic amines is 5. The van der Waals surface area contributed by atoms with Gasteiger partial charge in [0.15, 0.2) is 0 Å². The van der Waals surface area contributed by atoms with E-state index in [1.54, 1.807) is 25.3 Å². The summed E-state index contributed by atoms with van der Waals surface area (Å²) in [5, 5.41) is 25.2. The van der Waals surface area contributed by atoms with Gasteiger partial charge < -0.3 is 58.4 Å². The van der Waals surface area contributed by atoms with E-state index in [0.717, 1.165) is 222 Å². The number of rotatable bonds is 28. The average molecular weight is 2080 g/mol. The van der Waals surface area contributed by atoms with Gasteiger partial charge in [-0.25, -0.2) is 9.18 Å². The van der Waals surface area contributed by atoms with Crippen LogP contribution in [-0.2, 0) is 83.8 Å². The minimum Gasteiger partial charge on any atom is -0.496 e. The summed E-state index contributed by atoms with van der Waals surface area (Å²) >= 11 is 3.66. The maximum absolute atomic E-state index is 15.4. The van der Waals surface area contributed by atoms with E-state index >= 15 is 4.39 Å². The highest BCUT2D eigenvalue weighted by Gasteiger charge is 2.45. The fourth-order valence-electron chi connectivity index (χ4n) is 24.9. The number of carbonyl (C=O) groups is 1. The molecule has 0 radical (unpaired) electrons. The molecule has 0 aliphatic carbocycles. The van der Waals surface area contributed by atoms with Gasteiger partial charge in [-0.15, -0.1) is 0 Å². The summed E-state index contributed by atoms with van der Waals surface area (Å²) < 4.78 is 54.2. The van der Waals surface area contributed by atoms with E-state index in [9.17, 15) is 15.2 Å². The second-order valence-corrected chi connectivity index (χ2v) is 44.9. The van der Waals surface area contributed by atoms with E-state index in [-0.39, 0.29) is 33.8 Å². The number of nitrogens with one attached hydrogen (secondary N) is 5. The van der Waals surface area contributed by atoms with Crippen molar-refractivity contribution in [3.63, 3.8) is 0 Å². The number of carboxylic acid groups (broad SMARTS) is 1. The fraction of sp³-hybridized carbons (Fsp3) is 0.418. The molecule has 5 aliphatic rings. The van der Waals surface area contributed by atoms with Gasteiger partial charge in [-0.05, 0) is 319 Å². The van der Waals surface area contributed by atoms with Crippen LogP contribution in [0.5, 0.6) is 5.75 Å². The molecule has 0 amide bonds. The number of aromatic nitrogens is 5. The van der Waals surface area contributed by atoms with Crippen molar-refractivity contribution in [2.75, 3.05) is 40.1 Å². The van der Waals surface area contributed by atoms with Crippen molar-refractivity contribution in [2.24, 2.45) is 0 Å². The Bertz CT molecular complexity index is 7550. The number of nitrogens with zero attached hydrogens (tertiary/aromatic N) is 1. The second kappa shape index (κ2) is 46.7. The number of halogens is 2. The summed E-state index contributed by atoms with van der Waals surface area (Å²) in [5.74, 6) is 1.98. The van der Waals surface area contributed by atoms with Crippen molar-refractivity contribution < 1.29 is 42.7 Å². The number of carboxylic acids is 1. The number of benzene rings is 11. The topological polar surface area (TPSA) is 195 Å². The van der Waals surface area contributed by atoms with Gasteiger partial charge in [0.2, 0.25) is 0 Å². The Balaban J connectivity index is 0.000000128. The van der Waals surface area contributed by atoms with Crippen molar-refractivity contribution in [1.82, 2.24) is 24.9 Å². The van der Waals surface area contributed by atoms with E-state index in [1.807, 2.05) is 78.9 Å². The smallest absolute Gasteiger partial charge is 0.335 e. The van der Waals surface area contributed by atoms with Crippen LogP contribution >= 0.6 is 15.9 Å². The highest BCUT2D eigenvalue weighted by molar-refractivity contribution is 9.10. The molecular formula is C134H158BrFN6O8. The predicted octanol–water partition coefficient (Wildman–Crippen LogP) is 36.8. The number of fused-ring (bicyclic) bond motifs is 15. The van der Waals surface area contributed by atoms with Crippen LogP contribution in [0, 0.1) is 17.1 Å². The molecule has 5 unspecified atom stereocenters. The third-order valence-corrected chi connectivity index (χ3v) is 33.7. The Morgan fingerprint density at radius 2 is 0.633 bits per heavy atom. The number of methoxy groups -OCH3 is 1. The molecule has 0 fully saturated rings. The fourth-order valence-corrected chi connectivity index (χ4v) is 25.2. The summed E-state index contributed by atoms with van der Waals surface area (Å²) in [6.07, 6.45) is 20.2. The van der Waals surface area contributed by atoms with Gasteiger partial charge in [-0.2, -0.15) is 5.26 Å². The zero-order chi connectivity index (χ0) is 106. The minimum absolute atomic E-state index is 0.159. The summed E-state index contributed by atoms with van der Waals surface area (Å²) in [6.45, 7) is 48.6. The number of ether oxygens (including phenoxy) is 6. The molecule has 150 heavy (non-hydrogen) atoms. The zero-order valence-corrected chi connectivity index (χ0v) is 94.3. The Morgan fingerprint density at radius 1 is 0.347 bits per heavy atom. The van der Waals surface area contributed by atoms with Crippen LogP contribution in [0.1, 0.15) is 364 Å². The van der Waals surface area contributed by atoms with Crippen LogP contribution in [0.15, 0.2) is 211 Å². The molecular weight excluding hydrogens is 1920 g/mol. The molecule has 11 aromatic carbocycles. The first-order valence-electron chi connectivity index (χ1n) is 56.2. The first kappa shape index (κ1) is 109. The van der Waals surface area contributed by atoms with Crippen molar-refractivity contribution in [1.29, 1.82) is 5.26 Å². The molecule has 0 saturated carbocycles. The lowest BCUT2D eigenvalue weighted by molar-refractivity contribution is -0.0725. The maximum Gasteiger partial charge on any atom is 0.335 e. The molecule has 21 rings (SSSR count). The summed E-state index contributed by atoms with van der Waals surface area (Å²) in [5.41, 5.74) is 38.7. The first-order chi connectivity index (χ1) is 72.4. The molecule has 0 bridgehead atoms. The monoisotopic (exact) mass is 2080 g/mol. The molecule has 16 aromatic rings. The molecule has 5 atom stereocenters. The van der Waals surface area contributed by atoms with Crippen molar-refractivity contribution >= 4 is 76.4 Å². The van der Waals surface area contributed by atoms with Crippen LogP contribution in [0.25, 0.3) is 121 Å². The Morgan fingerprint density at radius 3 is 0.927 bits per heavy atom. The zero-order valence-electron chi connectivity index (χ0n) is 92.7. The number of nitriles is 1. The molecule has 786 valence electrons. The van der Waals surface area contributed by atoms with Gasteiger partial charge in [0.05, 0.1) is 113 Å². The average Bonchev–Trinajstić information content (AvgIpc) is 1.59. The van der Waals surface area contributed by atoms with Crippen LogP contribution in [0.3, 0.4) is 0 Å². The third kappa shape index (κ3) is 21.2. The number of H-pyrrole nitrogens is 5. The van der Waals surface area contributed by atoms with Crippen LogP contribution in [0.2, 0.25) is 0 Å². The van der Waals surface area contributed by atoms with E-state index in [2.05, 4.69) is 295 Å². The van der Waals surface area contributed by atoms with E-state index in [4.69, 9.17) is 28.4 Å². The van der Waals surface area contributed by atoms with E-state index in [1.165, 1.54) is 150 Å². The third-order valence-electron chi connectivity index (χ3n) is 33.2. The van der Waals surface area contributed by atoms with Crippen molar-refractivity contribution in [3.05, 3.63) is 312 Å². The number of aromatic carboxylic acids is 1. The first-order valence-corrected chi connectivity index (χ1v) is 57.0. The number of hydrogen-bond donors (Lipinski definition) is 6. The van der Waals surface area contributed by atoms with Gasteiger partial charge >= 0.3 is 5.97 Å². The Hall–Kier alpha value is -11.9. The van der Waals surface area contributed by atoms with Gasteiger partial charge in [0.25, 0.3) is 0 Å². The van der Waals surface area contributed by atoms with Gasteiger partial charge in [0.1, 0.15) is 39.6 Å².